The van der Waals surface area contributed by atoms with E-state index in [4.69, 9.17) is 0 Å². The number of nitrogens with zero attached hydrogens (tertiary/aromatic N) is 2. The number of aromatic nitrogens is 1. The molecule has 3 nitrogen and oxygen atoms in total. The van der Waals surface area contributed by atoms with Gasteiger partial charge in [-0.05, 0) is 29.5 Å². The number of fused-ring (bicyclic) bond motifs is 2. The molecule has 0 saturated carbocycles. The molecule has 1 aromatic heterocycles. The van der Waals surface area contributed by atoms with Gasteiger partial charge in [0.1, 0.15) is 6.21 Å². The Labute approximate surface area is 187 Å². The van der Waals surface area contributed by atoms with Crippen molar-refractivity contribution in [3.8, 4) is 0 Å². The second-order valence-electron chi connectivity index (χ2n) is 8.39. The lowest BCUT2D eigenvalue weighted by molar-refractivity contribution is -0.322. The van der Waals surface area contributed by atoms with E-state index in [9.17, 15) is 5.11 Å². The quantitative estimate of drug-likeness (QED) is 0.509. The maximum Gasteiger partial charge on any atom is 0.434 e. The van der Waals surface area contributed by atoms with Crippen LogP contribution in [0.1, 0.15) is 16.8 Å². The van der Waals surface area contributed by atoms with Crippen molar-refractivity contribution >= 4 is 29.1 Å². The van der Waals surface area contributed by atoms with Crippen molar-refractivity contribution < 1.29 is 9.59 Å². The van der Waals surface area contributed by atoms with Gasteiger partial charge in [-0.25, -0.2) is 0 Å². The number of aliphatic hydroxyl groups excluding tert-OH is 1. The van der Waals surface area contributed by atoms with Gasteiger partial charge < -0.3 is 14.1 Å². The molecule has 3 aromatic carbocycles. The zero-order valence-electron chi connectivity index (χ0n) is 17.7. The van der Waals surface area contributed by atoms with Crippen LogP contribution in [0, 0.1) is 0 Å². The molecule has 3 heterocycles. The smallest absolute Gasteiger partial charge is 0.434 e. The molecular formula is C28H23BN2O. The molecule has 0 radical (unpaired) electrons. The van der Waals surface area contributed by atoms with E-state index >= 15 is 0 Å². The molecule has 4 aromatic rings. The summed E-state index contributed by atoms with van der Waals surface area (Å²) in [5.41, 5.74) is 7.97. The fourth-order valence-corrected chi connectivity index (χ4v) is 5.58. The highest BCUT2D eigenvalue weighted by Crippen LogP contribution is 2.38. The van der Waals surface area contributed by atoms with Gasteiger partial charge >= 0.3 is 6.42 Å². The Kier molecular flexibility index (Phi) is 4.34. The summed E-state index contributed by atoms with van der Waals surface area (Å²) in [7, 11) is 0. The highest BCUT2D eigenvalue weighted by molar-refractivity contribution is 6.95. The zero-order chi connectivity index (χ0) is 21.5. The molecule has 32 heavy (non-hydrogen) atoms. The zero-order valence-corrected chi connectivity index (χ0v) is 17.7. The van der Waals surface area contributed by atoms with Crippen LogP contribution in [0.5, 0.6) is 0 Å². The fourth-order valence-electron chi connectivity index (χ4n) is 5.58. The van der Waals surface area contributed by atoms with Gasteiger partial charge in [-0.1, -0.05) is 84.9 Å². The summed E-state index contributed by atoms with van der Waals surface area (Å²) in [5, 5.41) is 10.1. The van der Waals surface area contributed by atoms with Crippen LogP contribution < -0.4 is 10.9 Å². The highest BCUT2D eigenvalue weighted by Gasteiger charge is 2.50. The lowest BCUT2D eigenvalue weighted by atomic mass is 9.35. The minimum atomic E-state index is -1.49. The third-order valence-corrected chi connectivity index (χ3v) is 6.86. The van der Waals surface area contributed by atoms with Crippen molar-refractivity contribution in [2.45, 2.75) is 6.61 Å². The molecule has 2 aliphatic rings. The van der Waals surface area contributed by atoms with Gasteiger partial charge in [0, 0.05) is 17.8 Å². The van der Waals surface area contributed by atoms with Crippen LogP contribution in [-0.2, 0) is 6.61 Å². The van der Waals surface area contributed by atoms with Crippen molar-refractivity contribution in [3.05, 3.63) is 138 Å². The van der Waals surface area contributed by atoms with Crippen LogP contribution in [0.3, 0.4) is 0 Å². The average molecular weight is 414 g/mol. The molecule has 154 valence electrons. The third kappa shape index (κ3) is 2.50. The molecule has 4 heteroatoms. The SMILES string of the molecule is OCc1ccccc1C1=C2C=CC=[N+]2[B-](c2ccccc2)(c2ccccc2)n2cccc21. The molecule has 0 amide bonds. The number of benzene rings is 3. The number of hydrogen-bond acceptors (Lipinski definition) is 1. The maximum atomic E-state index is 10.1. The first kappa shape index (κ1) is 18.8. The fraction of sp³-hybridized carbons (Fsp3) is 0.0357. The Morgan fingerprint density at radius 2 is 1.41 bits per heavy atom. The molecule has 0 fully saturated rings. The van der Waals surface area contributed by atoms with Gasteiger partial charge in [0.2, 0.25) is 0 Å². The van der Waals surface area contributed by atoms with E-state index in [1.54, 1.807) is 0 Å². The lowest BCUT2D eigenvalue weighted by Crippen LogP contribution is -2.72. The topological polar surface area (TPSA) is 28.2 Å². The molecule has 0 unspecified atom stereocenters. The Hall–Kier alpha value is -3.89. The van der Waals surface area contributed by atoms with Crippen molar-refractivity contribution in [2.75, 3.05) is 0 Å². The van der Waals surface area contributed by atoms with Crippen molar-refractivity contribution in [1.29, 1.82) is 0 Å². The van der Waals surface area contributed by atoms with E-state index in [1.807, 2.05) is 18.2 Å². The molecule has 1 N–H and O–H groups in total. The molecular weight excluding hydrogens is 391 g/mol. The number of allylic oxidation sites excluding steroid dienone is 2. The van der Waals surface area contributed by atoms with Gasteiger partial charge in [0.25, 0.3) is 0 Å². The highest BCUT2D eigenvalue weighted by atomic mass is 16.3. The standard InChI is InChI=1S/C28H23BN2O/c32-21-22-11-7-8-16-25(22)28-26-17-9-19-30(26)29(23-12-3-1-4-13-23,24-14-5-2-6-15-24)31-20-10-18-27(28)31/h1-20,32H,21H2. The summed E-state index contributed by atoms with van der Waals surface area (Å²) in [5.74, 6) is 0. The van der Waals surface area contributed by atoms with E-state index < -0.39 is 6.42 Å². The summed E-state index contributed by atoms with van der Waals surface area (Å²) in [6, 6.07) is 34.0. The number of aliphatic hydroxyl groups is 1. The van der Waals surface area contributed by atoms with Gasteiger partial charge in [-0.15, -0.1) is 10.9 Å². The Balaban J connectivity index is 1.74. The second-order valence-corrected chi connectivity index (χ2v) is 8.39. The summed E-state index contributed by atoms with van der Waals surface area (Å²) in [6.07, 6.45) is 7.23. The molecule has 0 atom stereocenters. The van der Waals surface area contributed by atoms with Gasteiger partial charge in [0.05, 0.1) is 12.2 Å². The predicted octanol–water partition coefficient (Wildman–Crippen LogP) is 3.51. The summed E-state index contributed by atoms with van der Waals surface area (Å²) >= 11 is 0. The number of hydrogen-bond donors (Lipinski definition) is 1. The summed E-state index contributed by atoms with van der Waals surface area (Å²) < 4.78 is 4.86. The first-order valence-corrected chi connectivity index (χ1v) is 11.0. The van der Waals surface area contributed by atoms with Gasteiger partial charge in [-0.2, -0.15) is 0 Å². The summed E-state index contributed by atoms with van der Waals surface area (Å²) in [6.45, 7) is 0.00868. The van der Waals surface area contributed by atoms with Crippen molar-refractivity contribution in [1.82, 2.24) is 4.48 Å². The van der Waals surface area contributed by atoms with Crippen LogP contribution in [0.15, 0.2) is 121 Å². The molecule has 0 aliphatic carbocycles. The van der Waals surface area contributed by atoms with Gasteiger partial charge in [-0.3, -0.25) is 0 Å². The average Bonchev–Trinajstić information content (AvgIpc) is 3.54. The van der Waals surface area contributed by atoms with Gasteiger partial charge in [0.15, 0.2) is 5.70 Å². The Morgan fingerprint density at radius 1 is 0.750 bits per heavy atom. The van der Waals surface area contributed by atoms with Crippen LogP contribution in [0.4, 0.5) is 0 Å². The van der Waals surface area contributed by atoms with Crippen molar-refractivity contribution in [2.24, 2.45) is 0 Å². The van der Waals surface area contributed by atoms with Crippen LogP contribution in [-0.4, -0.2) is 26.7 Å². The van der Waals surface area contributed by atoms with Crippen LogP contribution in [0.25, 0.3) is 5.57 Å². The van der Waals surface area contributed by atoms with E-state index in [0.29, 0.717) is 0 Å². The third-order valence-electron chi connectivity index (χ3n) is 6.86. The normalized spacial score (nSPS) is 16.0. The van der Waals surface area contributed by atoms with Crippen molar-refractivity contribution in [3.63, 3.8) is 0 Å². The molecule has 0 saturated heterocycles. The maximum absolute atomic E-state index is 10.1. The van der Waals surface area contributed by atoms with E-state index in [0.717, 1.165) is 28.1 Å². The molecule has 0 spiro atoms. The Bertz CT molecular complexity index is 1360. The van der Waals surface area contributed by atoms with E-state index in [2.05, 4.69) is 112 Å². The largest absolute Gasteiger partial charge is 0.453 e. The minimum Gasteiger partial charge on any atom is -0.453 e. The first-order valence-electron chi connectivity index (χ1n) is 11.0. The van der Waals surface area contributed by atoms with Crippen LogP contribution in [0.2, 0.25) is 0 Å². The first-order chi connectivity index (χ1) is 15.9. The second kappa shape index (κ2) is 7.36. The number of rotatable bonds is 4. The molecule has 0 bridgehead atoms. The minimum absolute atomic E-state index is 0.00868. The predicted molar refractivity (Wildman–Crippen MR) is 132 cm³/mol. The molecule has 2 aliphatic heterocycles. The van der Waals surface area contributed by atoms with E-state index in [1.165, 1.54) is 10.9 Å². The Morgan fingerprint density at radius 3 is 2.09 bits per heavy atom. The van der Waals surface area contributed by atoms with Crippen LogP contribution >= 0.6 is 0 Å². The monoisotopic (exact) mass is 414 g/mol. The van der Waals surface area contributed by atoms with E-state index in [-0.39, 0.29) is 6.61 Å². The lowest BCUT2D eigenvalue weighted by Gasteiger charge is -2.44. The molecule has 6 rings (SSSR count). The summed E-state index contributed by atoms with van der Waals surface area (Å²) in [4.78, 5) is 0.